The van der Waals surface area contributed by atoms with Crippen LogP contribution in [0.1, 0.15) is 18.8 Å². The SMILES string of the molecule is CC(C(NN)c1nccn1C)S(C)(=O)=O. The molecule has 2 atom stereocenters. The van der Waals surface area contributed by atoms with E-state index in [1.807, 2.05) is 0 Å². The highest BCUT2D eigenvalue weighted by Gasteiger charge is 2.28. The predicted molar refractivity (Wildman–Crippen MR) is 57.6 cm³/mol. The van der Waals surface area contributed by atoms with Crippen molar-refractivity contribution in [1.29, 1.82) is 0 Å². The first-order valence-corrected chi connectivity index (χ1v) is 6.45. The van der Waals surface area contributed by atoms with Crippen LogP contribution in [0.15, 0.2) is 12.4 Å². The van der Waals surface area contributed by atoms with Gasteiger partial charge in [-0.3, -0.25) is 5.84 Å². The topological polar surface area (TPSA) is 90.0 Å². The number of hydrogen-bond acceptors (Lipinski definition) is 5. The molecule has 0 aromatic carbocycles. The van der Waals surface area contributed by atoms with E-state index in [0.29, 0.717) is 5.82 Å². The lowest BCUT2D eigenvalue weighted by atomic mass is 10.2. The summed E-state index contributed by atoms with van der Waals surface area (Å²) in [6.45, 7) is 1.61. The van der Waals surface area contributed by atoms with Crippen LogP contribution in [0.2, 0.25) is 0 Å². The number of imidazole rings is 1. The van der Waals surface area contributed by atoms with Crippen molar-refractivity contribution in [3.63, 3.8) is 0 Å². The van der Waals surface area contributed by atoms with Gasteiger partial charge in [0.25, 0.3) is 0 Å². The highest BCUT2D eigenvalue weighted by atomic mass is 32.2. The summed E-state index contributed by atoms with van der Waals surface area (Å²) in [5.74, 6) is 5.97. The van der Waals surface area contributed by atoms with Crippen LogP contribution in [0.5, 0.6) is 0 Å². The number of rotatable bonds is 4. The molecule has 3 N–H and O–H groups in total. The lowest BCUT2D eigenvalue weighted by molar-refractivity contribution is 0.482. The number of aryl methyl sites for hydroxylation is 1. The molecule has 15 heavy (non-hydrogen) atoms. The molecule has 6 nitrogen and oxygen atoms in total. The van der Waals surface area contributed by atoms with E-state index in [9.17, 15) is 8.42 Å². The van der Waals surface area contributed by atoms with Crippen molar-refractivity contribution in [3.05, 3.63) is 18.2 Å². The van der Waals surface area contributed by atoms with E-state index in [1.165, 1.54) is 6.26 Å². The summed E-state index contributed by atoms with van der Waals surface area (Å²) in [5.41, 5.74) is 2.49. The third kappa shape index (κ3) is 2.55. The molecule has 0 radical (unpaired) electrons. The molecule has 2 unspecified atom stereocenters. The zero-order chi connectivity index (χ0) is 11.6. The van der Waals surface area contributed by atoms with Crippen LogP contribution < -0.4 is 11.3 Å². The van der Waals surface area contributed by atoms with Crippen LogP contribution in [-0.2, 0) is 16.9 Å². The summed E-state index contributed by atoms with van der Waals surface area (Å²) in [6, 6.07) is -0.500. The Morgan fingerprint density at radius 3 is 2.53 bits per heavy atom. The molecule has 0 aliphatic rings. The Morgan fingerprint density at radius 2 is 2.20 bits per heavy atom. The van der Waals surface area contributed by atoms with Gasteiger partial charge in [-0.2, -0.15) is 0 Å². The van der Waals surface area contributed by atoms with Crippen LogP contribution >= 0.6 is 0 Å². The first-order chi connectivity index (χ1) is 6.88. The van der Waals surface area contributed by atoms with Crippen molar-refractivity contribution in [2.45, 2.75) is 18.2 Å². The molecule has 1 heterocycles. The maximum Gasteiger partial charge on any atom is 0.152 e. The van der Waals surface area contributed by atoms with E-state index in [1.54, 1.807) is 30.9 Å². The molecule has 1 aromatic heterocycles. The number of hydrogen-bond donors (Lipinski definition) is 2. The van der Waals surface area contributed by atoms with Crippen LogP contribution in [0.25, 0.3) is 0 Å². The predicted octanol–water partition coefficient (Wildman–Crippen LogP) is -0.642. The number of hydrazine groups is 1. The molecule has 0 aliphatic carbocycles. The van der Waals surface area contributed by atoms with Gasteiger partial charge in [-0.1, -0.05) is 0 Å². The fourth-order valence-electron chi connectivity index (χ4n) is 1.34. The molecule has 0 saturated heterocycles. The zero-order valence-corrected chi connectivity index (χ0v) is 9.82. The quantitative estimate of drug-likeness (QED) is 0.532. The zero-order valence-electron chi connectivity index (χ0n) is 9.01. The van der Waals surface area contributed by atoms with E-state index in [-0.39, 0.29) is 0 Å². The van der Waals surface area contributed by atoms with E-state index in [0.717, 1.165) is 0 Å². The number of aromatic nitrogens is 2. The second kappa shape index (κ2) is 4.30. The average Bonchev–Trinajstić information content (AvgIpc) is 2.52. The van der Waals surface area contributed by atoms with Crippen molar-refractivity contribution < 1.29 is 8.42 Å². The van der Waals surface area contributed by atoms with Crippen molar-refractivity contribution in [2.24, 2.45) is 12.9 Å². The molecule has 1 rings (SSSR count). The summed E-state index contributed by atoms with van der Waals surface area (Å²) in [6.07, 6.45) is 4.54. The van der Waals surface area contributed by atoms with Crippen LogP contribution in [-0.4, -0.2) is 29.5 Å². The van der Waals surface area contributed by atoms with E-state index in [4.69, 9.17) is 5.84 Å². The van der Waals surface area contributed by atoms with E-state index >= 15 is 0 Å². The summed E-state index contributed by atoms with van der Waals surface area (Å²) >= 11 is 0. The second-order valence-electron chi connectivity index (χ2n) is 3.58. The van der Waals surface area contributed by atoms with E-state index < -0.39 is 21.1 Å². The van der Waals surface area contributed by atoms with Gasteiger partial charge < -0.3 is 4.57 Å². The molecule has 0 fully saturated rings. The third-order valence-electron chi connectivity index (χ3n) is 2.46. The lowest BCUT2D eigenvalue weighted by Gasteiger charge is -2.21. The fraction of sp³-hybridized carbons (Fsp3) is 0.625. The highest BCUT2D eigenvalue weighted by molar-refractivity contribution is 7.91. The monoisotopic (exact) mass is 232 g/mol. The minimum absolute atomic E-state index is 0.500. The first-order valence-electron chi connectivity index (χ1n) is 4.50. The normalized spacial score (nSPS) is 16.3. The standard InChI is InChI=1S/C8H16N4O2S/c1-6(15(3,13)14)7(11-9)8-10-4-5-12(8)2/h4-7,11H,9H2,1-3H3. The van der Waals surface area contributed by atoms with Crippen molar-refractivity contribution in [3.8, 4) is 0 Å². The number of nitrogens with two attached hydrogens (primary N) is 1. The third-order valence-corrected chi connectivity index (χ3v) is 4.08. The molecule has 0 bridgehead atoms. The van der Waals surface area contributed by atoms with E-state index in [2.05, 4.69) is 10.4 Å². The molecule has 7 heteroatoms. The molecular formula is C8H16N4O2S. The molecule has 0 aliphatic heterocycles. The Bertz CT molecular complexity index is 426. The summed E-state index contributed by atoms with van der Waals surface area (Å²) in [4.78, 5) is 4.08. The second-order valence-corrected chi connectivity index (χ2v) is 5.98. The molecule has 1 aromatic rings. The van der Waals surface area contributed by atoms with Crippen molar-refractivity contribution in [1.82, 2.24) is 15.0 Å². The van der Waals surface area contributed by atoms with Crippen molar-refractivity contribution >= 4 is 9.84 Å². The summed E-state index contributed by atoms with van der Waals surface area (Å²) in [5, 5.41) is -0.622. The minimum Gasteiger partial charge on any atom is -0.337 e. The van der Waals surface area contributed by atoms with Gasteiger partial charge in [-0.25, -0.2) is 18.8 Å². The Balaban J connectivity index is 3.06. The van der Waals surface area contributed by atoms with Crippen molar-refractivity contribution in [2.75, 3.05) is 6.26 Å². The molecule has 0 amide bonds. The number of nitrogens with one attached hydrogen (secondary N) is 1. The first kappa shape index (κ1) is 12.2. The maximum absolute atomic E-state index is 11.4. The van der Waals surface area contributed by atoms with Gasteiger partial charge in [0.05, 0.1) is 11.3 Å². The van der Waals surface area contributed by atoms with Gasteiger partial charge in [0.2, 0.25) is 0 Å². The molecule has 0 spiro atoms. The Hall–Kier alpha value is -0.920. The Kier molecular flexibility index (Phi) is 3.48. The maximum atomic E-state index is 11.4. The number of sulfone groups is 1. The molecule has 86 valence electrons. The van der Waals surface area contributed by atoms with Crippen LogP contribution in [0, 0.1) is 0 Å². The summed E-state index contributed by atoms with van der Waals surface area (Å²) < 4.78 is 24.6. The average molecular weight is 232 g/mol. The van der Waals surface area contributed by atoms with Gasteiger partial charge in [-0.05, 0) is 6.92 Å². The van der Waals surface area contributed by atoms with Crippen LogP contribution in [0.3, 0.4) is 0 Å². The Morgan fingerprint density at radius 1 is 1.60 bits per heavy atom. The minimum atomic E-state index is -3.15. The van der Waals surface area contributed by atoms with Gasteiger partial charge >= 0.3 is 0 Å². The summed E-state index contributed by atoms with van der Waals surface area (Å²) in [7, 11) is -1.36. The number of nitrogens with zero attached hydrogens (tertiary/aromatic N) is 2. The Labute approximate surface area is 89.4 Å². The lowest BCUT2D eigenvalue weighted by Crippen LogP contribution is -2.40. The van der Waals surface area contributed by atoms with Crippen LogP contribution in [0.4, 0.5) is 0 Å². The molecule has 0 saturated carbocycles. The van der Waals surface area contributed by atoms with Gasteiger partial charge in [-0.15, -0.1) is 0 Å². The van der Waals surface area contributed by atoms with Gasteiger partial charge in [0, 0.05) is 25.7 Å². The largest absolute Gasteiger partial charge is 0.337 e. The van der Waals surface area contributed by atoms with Gasteiger partial charge in [0.1, 0.15) is 5.82 Å². The van der Waals surface area contributed by atoms with Gasteiger partial charge in [0.15, 0.2) is 9.84 Å². The smallest absolute Gasteiger partial charge is 0.152 e. The molecular weight excluding hydrogens is 216 g/mol. The fourth-order valence-corrected chi connectivity index (χ4v) is 2.04. The highest BCUT2D eigenvalue weighted by Crippen LogP contribution is 2.18.